The Labute approximate surface area is 129 Å². The van der Waals surface area contributed by atoms with Crippen LogP contribution in [0.15, 0.2) is 0 Å². The molecule has 1 amide bonds. The van der Waals surface area contributed by atoms with Crippen LogP contribution < -0.4 is 11.1 Å². The maximum absolute atomic E-state index is 12.7. The predicted molar refractivity (Wildman–Crippen MR) is 85.8 cm³/mol. The molecular formula is C14H24N4O2S. The highest BCUT2D eigenvalue weighted by Crippen LogP contribution is 2.30. The summed E-state index contributed by atoms with van der Waals surface area (Å²) < 4.78 is 4.98. The van der Waals surface area contributed by atoms with Gasteiger partial charge < -0.3 is 20.7 Å². The van der Waals surface area contributed by atoms with Crippen LogP contribution in [0.1, 0.15) is 42.8 Å². The van der Waals surface area contributed by atoms with Gasteiger partial charge in [0.05, 0.1) is 6.61 Å². The highest BCUT2D eigenvalue weighted by atomic mass is 32.1. The Kier molecular flexibility index (Phi) is 5.41. The number of anilines is 2. The van der Waals surface area contributed by atoms with Crippen LogP contribution in [0.25, 0.3) is 0 Å². The fourth-order valence-corrected chi connectivity index (χ4v) is 3.61. The average Bonchev–Trinajstić information content (AvgIpc) is 2.80. The van der Waals surface area contributed by atoms with Crippen molar-refractivity contribution in [1.82, 2.24) is 9.88 Å². The first kappa shape index (κ1) is 16.0. The minimum atomic E-state index is 0.00416. The number of carbonyl (C=O) groups excluding carboxylic acids is 1. The zero-order valence-electron chi connectivity index (χ0n) is 12.9. The van der Waals surface area contributed by atoms with Crippen molar-refractivity contribution in [2.75, 3.05) is 31.3 Å². The van der Waals surface area contributed by atoms with E-state index in [0.29, 0.717) is 29.0 Å². The minimum Gasteiger partial charge on any atom is -0.383 e. The first-order chi connectivity index (χ1) is 10.0. The number of hydrogen-bond acceptors (Lipinski definition) is 6. The van der Waals surface area contributed by atoms with Crippen molar-refractivity contribution in [3.8, 4) is 0 Å². The van der Waals surface area contributed by atoms with Crippen molar-refractivity contribution in [2.45, 2.75) is 45.2 Å². The fraction of sp³-hybridized carbons (Fsp3) is 0.714. The van der Waals surface area contributed by atoms with E-state index in [-0.39, 0.29) is 18.0 Å². The number of aromatic nitrogens is 1. The Balaban J connectivity index is 2.11. The number of nitrogens with two attached hydrogens (primary N) is 1. The van der Waals surface area contributed by atoms with Crippen LogP contribution in [-0.2, 0) is 4.74 Å². The maximum Gasteiger partial charge on any atom is 0.268 e. The second-order valence-electron chi connectivity index (χ2n) is 5.49. The smallest absolute Gasteiger partial charge is 0.268 e. The van der Waals surface area contributed by atoms with E-state index >= 15 is 0 Å². The van der Waals surface area contributed by atoms with Gasteiger partial charge in [-0.2, -0.15) is 0 Å². The largest absolute Gasteiger partial charge is 0.383 e. The number of nitrogen functional groups attached to an aromatic ring is 1. The number of rotatable bonds is 5. The van der Waals surface area contributed by atoms with E-state index in [1.165, 1.54) is 17.8 Å². The van der Waals surface area contributed by atoms with Gasteiger partial charge in [0.1, 0.15) is 10.7 Å². The second kappa shape index (κ2) is 7.09. The fourth-order valence-electron chi connectivity index (χ4n) is 2.76. The van der Waals surface area contributed by atoms with Gasteiger partial charge in [-0.3, -0.25) is 4.79 Å². The molecule has 2 atom stereocenters. The molecule has 0 aliphatic carbocycles. The predicted octanol–water partition coefficient (Wildman–Crippen LogP) is 2.19. The lowest BCUT2D eigenvalue weighted by Gasteiger charge is -2.38. The highest BCUT2D eigenvalue weighted by molar-refractivity contribution is 7.18. The highest BCUT2D eigenvalue weighted by Gasteiger charge is 2.32. The summed E-state index contributed by atoms with van der Waals surface area (Å²) in [7, 11) is 1.64. The summed E-state index contributed by atoms with van der Waals surface area (Å²) in [6, 6.07) is 0.514. The number of nitrogens with one attached hydrogen (secondary N) is 1. The third kappa shape index (κ3) is 3.65. The number of nitrogens with zero attached hydrogens (tertiary/aromatic N) is 2. The molecule has 0 radical (unpaired) electrons. The molecule has 1 aromatic rings. The van der Waals surface area contributed by atoms with E-state index in [2.05, 4.69) is 24.1 Å². The van der Waals surface area contributed by atoms with Gasteiger partial charge in [0, 0.05) is 25.7 Å². The van der Waals surface area contributed by atoms with Gasteiger partial charge in [0.25, 0.3) is 5.91 Å². The van der Waals surface area contributed by atoms with E-state index in [9.17, 15) is 4.79 Å². The first-order valence-electron chi connectivity index (χ1n) is 7.36. The summed E-state index contributed by atoms with van der Waals surface area (Å²) in [5.74, 6) is 0.319. The summed E-state index contributed by atoms with van der Waals surface area (Å²) in [4.78, 5) is 19.5. The lowest BCUT2D eigenvalue weighted by Crippen LogP contribution is -2.47. The lowest BCUT2D eigenvalue weighted by molar-refractivity contribution is 0.0516. The van der Waals surface area contributed by atoms with Crippen LogP contribution in [0.2, 0.25) is 0 Å². The monoisotopic (exact) mass is 312 g/mol. The molecule has 2 unspecified atom stereocenters. The molecule has 1 saturated heterocycles. The number of likely N-dealkylation sites (tertiary alicyclic amines) is 1. The Morgan fingerprint density at radius 1 is 1.48 bits per heavy atom. The van der Waals surface area contributed by atoms with Crippen LogP contribution in [0.5, 0.6) is 0 Å². The Morgan fingerprint density at radius 3 is 2.76 bits per heavy atom. The van der Waals surface area contributed by atoms with E-state index in [1.807, 2.05) is 4.90 Å². The molecule has 0 saturated carbocycles. The van der Waals surface area contributed by atoms with Crippen molar-refractivity contribution in [1.29, 1.82) is 0 Å². The molecule has 0 aromatic carbocycles. The molecule has 6 nitrogen and oxygen atoms in total. The quantitative estimate of drug-likeness (QED) is 0.815. The zero-order valence-corrected chi connectivity index (χ0v) is 13.7. The number of methoxy groups -OCH3 is 1. The van der Waals surface area contributed by atoms with Crippen LogP contribution in [0.4, 0.5) is 10.9 Å². The molecule has 7 heteroatoms. The van der Waals surface area contributed by atoms with Crippen LogP contribution in [-0.4, -0.2) is 48.1 Å². The van der Waals surface area contributed by atoms with Crippen molar-refractivity contribution in [3.63, 3.8) is 0 Å². The summed E-state index contributed by atoms with van der Waals surface area (Å²) in [6.07, 6.45) is 3.27. The Morgan fingerprint density at radius 2 is 2.14 bits per heavy atom. The summed E-state index contributed by atoms with van der Waals surface area (Å²) >= 11 is 1.32. The number of carbonyl (C=O) groups is 1. The molecule has 1 aromatic heterocycles. The number of ether oxygens (including phenoxy) is 1. The Bertz CT molecular complexity index is 481. The van der Waals surface area contributed by atoms with E-state index in [1.54, 1.807) is 7.11 Å². The molecule has 1 aliphatic heterocycles. The molecule has 1 aliphatic rings. The van der Waals surface area contributed by atoms with Crippen LogP contribution in [0, 0.1) is 0 Å². The van der Waals surface area contributed by atoms with Gasteiger partial charge in [-0.1, -0.05) is 11.3 Å². The third-order valence-corrected chi connectivity index (χ3v) is 4.87. The summed E-state index contributed by atoms with van der Waals surface area (Å²) in [5, 5.41) is 3.79. The zero-order chi connectivity index (χ0) is 15.4. The number of hydrogen-bond donors (Lipinski definition) is 2. The van der Waals surface area contributed by atoms with Crippen molar-refractivity contribution in [2.24, 2.45) is 0 Å². The SMILES string of the molecule is COCCNc1nc(N)c(C(=O)N2C(C)CCCC2C)s1. The van der Waals surface area contributed by atoms with Gasteiger partial charge in [-0.15, -0.1) is 0 Å². The van der Waals surface area contributed by atoms with E-state index in [4.69, 9.17) is 10.5 Å². The molecule has 2 rings (SSSR count). The number of amides is 1. The molecular weight excluding hydrogens is 288 g/mol. The summed E-state index contributed by atoms with van der Waals surface area (Å²) in [5.41, 5.74) is 5.92. The molecule has 21 heavy (non-hydrogen) atoms. The van der Waals surface area contributed by atoms with Gasteiger partial charge in [-0.25, -0.2) is 4.98 Å². The topological polar surface area (TPSA) is 80.5 Å². The molecule has 3 N–H and O–H groups in total. The van der Waals surface area contributed by atoms with E-state index < -0.39 is 0 Å². The average molecular weight is 312 g/mol. The third-order valence-electron chi connectivity index (χ3n) is 3.86. The molecule has 0 bridgehead atoms. The van der Waals surface area contributed by atoms with Crippen molar-refractivity contribution < 1.29 is 9.53 Å². The van der Waals surface area contributed by atoms with Crippen molar-refractivity contribution in [3.05, 3.63) is 4.88 Å². The van der Waals surface area contributed by atoms with Crippen LogP contribution >= 0.6 is 11.3 Å². The number of piperidine rings is 1. The second-order valence-corrected chi connectivity index (χ2v) is 6.49. The first-order valence-corrected chi connectivity index (χ1v) is 8.18. The van der Waals surface area contributed by atoms with Gasteiger partial charge in [0.15, 0.2) is 5.13 Å². The summed E-state index contributed by atoms with van der Waals surface area (Å²) in [6.45, 7) is 5.43. The van der Waals surface area contributed by atoms with Crippen molar-refractivity contribution >= 4 is 28.2 Å². The Hall–Kier alpha value is -1.34. The lowest BCUT2D eigenvalue weighted by atomic mass is 9.97. The maximum atomic E-state index is 12.7. The van der Waals surface area contributed by atoms with Gasteiger partial charge in [0.2, 0.25) is 0 Å². The van der Waals surface area contributed by atoms with Gasteiger partial charge in [-0.05, 0) is 33.1 Å². The molecule has 1 fully saturated rings. The van der Waals surface area contributed by atoms with Crippen LogP contribution in [0.3, 0.4) is 0 Å². The molecule has 118 valence electrons. The minimum absolute atomic E-state index is 0.00416. The number of thiazole rings is 1. The molecule has 0 spiro atoms. The van der Waals surface area contributed by atoms with E-state index in [0.717, 1.165) is 12.8 Å². The normalized spacial score (nSPS) is 22.3. The standard InChI is InChI=1S/C14H24N4O2S/c1-9-5-4-6-10(2)18(9)13(19)11-12(15)17-14(21-11)16-7-8-20-3/h9-10H,4-8,15H2,1-3H3,(H,16,17). The van der Waals surface area contributed by atoms with Gasteiger partial charge >= 0.3 is 0 Å². The molecule has 2 heterocycles.